The summed E-state index contributed by atoms with van der Waals surface area (Å²) in [6.07, 6.45) is 7.60. The highest BCUT2D eigenvalue weighted by Gasteiger charge is 2.41. The molecule has 0 aliphatic carbocycles. The van der Waals surface area contributed by atoms with Gasteiger partial charge < -0.3 is 9.67 Å². The lowest BCUT2D eigenvalue weighted by Gasteiger charge is -2.15. The van der Waals surface area contributed by atoms with Gasteiger partial charge in [-0.05, 0) is 36.6 Å². The van der Waals surface area contributed by atoms with Gasteiger partial charge in [-0.2, -0.15) is 5.21 Å². The van der Waals surface area contributed by atoms with Crippen molar-refractivity contribution in [3.8, 4) is 0 Å². The molecule has 0 spiro atoms. The van der Waals surface area contributed by atoms with Crippen molar-refractivity contribution in [1.29, 1.82) is 0 Å². The number of aromatic carboxylic acids is 1. The number of imidazole rings is 1. The minimum Gasteiger partial charge on any atom is -0.478 e. The van der Waals surface area contributed by atoms with Crippen LogP contribution in [0.5, 0.6) is 0 Å². The van der Waals surface area contributed by atoms with E-state index in [9.17, 15) is 19.5 Å². The second-order valence-corrected chi connectivity index (χ2v) is 8.83. The van der Waals surface area contributed by atoms with Gasteiger partial charge in [-0.1, -0.05) is 44.0 Å². The Hall–Kier alpha value is -4.35. The smallest absolute Gasteiger partial charge is 0.335 e. The van der Waals surface area contributed by atoms with E-state index in [0.717, 1.165) is 37.1 Å². The van der Waals surface area contributed by atoms with Gasteiger partial charge in [-0.3, -0.25) is 14.6 Å². The van der Waals surface area contributed by atoms with E-state index >= 15 is 0 Å². The van der Waals surface area contributed by atoms with Crippen LogP contribution in [0.3, 0.4) is 0 Å². The zero-order valence-corrected chi connectivity index (χ0v) is 20.9. The molecule has 0 unspecified atom stereocenters. The fourth-order valence-electron chi connectivity index (χ4n) is 4.12. The fraction of sp³-hybridized carbons (Fsp3) is 0.400. The summed E-state index contributed by atoms with van der Waals surface area (Å²) >= 11 is 0. The van der Waals surface area contributed by atoms with Crippen molar-refractivity contribution < 1.29 is 19.5 Å². The molecule has 1 aliphatic rings. The maximum Gasteiger partial charge on any atom is 0.335 e. The summed E-state index contributed by atoms with van der Waals surface area (Å²) in [5.41, 5.74) is 1.99. The van der Waals surface area contributed by atoms with E-state index in [2.05, 4.69) is 32.5 Å². The molecule has 12 nitrogen and oxygen atoms in total. The lowest BCUT2D eigenvalue weighted by Crippen LogP contribution is -2.33. The fourth-order valence-corrected chi connectivity index (χ4v) is 4.12. The van der Waals surface area contributed by atoms with Crippen LogP contribution in [0, 0.1) is 0 Å². The van der Waals surface area contributed by atoms with Crippen molar-refractivity contribution in [3.63, 3.8) is 0 Å². The summed E-state index contributed by atoms with van der Waals surface area (Å²) in [6.45, 7) is 4.86. The van der Waals surface area contributed by atoms with Gasteiger partial charge in [0.05, 0.1) is 24.0 Å². The lowest BCUT2D eigenvalue weighted by molar-refractivity contribution is -0.123. The molecule has 3 amide bonds. The standard InChI is InChI=1S/C25H30N8O4/c1-3-5-7-22-26-14-19(32(22)15-17-8-10-18(11-9-17)24(35)36)13-20-23(34)31(12-6-4-2)25(37)33(20)16-21-27-29-30-28-21/h8-11,13-14H,3-7,12,15-16H2,1-2H3,(H,35,36)(H,27,28,29,30). The van der Waals surface area contributed by atoms with Crippen LogP contribution in [0.15, 0.2) is 36.2 Å². The van der Waals surface area contributed by atoms with Crippen LogP contribution in [0.1, 0.15) is 72.8 Å². The zero-order chi connectivity index (χ0) is 26.4. The van der Waals surface area contributed by atoms with Crippen molar-refractivity contribution in [2.24, 2.45) is 0 Å². The number of carboxylic acid groups (broad SMARTS) is 1. The van der Waals surface area contributed by atoms with Crippen LogP contribution in [-0.4, -0.2) is 69.5 Å². The third kappa shape index (κ3) is 5.74. The third-order valence-electron chi connectivity index (χ3n) is 6.19. The number of hydrogen-bond acceptors (Lipinski definition) is 7. The van der Waals surface area contributed by atoms with Crippen LogP contribution in [0.4, 0.5) is 4.79 Å². The number of carbonyl (C=O) groups is 3. The second kappa shape index (κ2) is 11.6. The molecule has 2 N–H and O–H groups in total. The average molecular weight is 507 g/mol. The van der Waals surface area contributed by atoms with E-state index in [1.54, 1.807) is 36.5 Å². The number of hydrogen-bond donors (Lipinski definition) is 2. The molecule has 1 saturated heterocycles. The number of imide groups is 1. The van der Waals surface area contributed by atoms with E-state index in [1.165, 1.54) is 9.80 Å². The van der Waals surface area contributed by atoms with E-state index < -0.39 is 12.0 Å². The first-order valence-electron chi connectivity index (χ1n) is 12.4. The van der Waals surface area contributed by atoms with E-state index in [0.29, 0.717) is 31.0 Å². The largest absolute Gasteiger partial charge is 0.478 e. The lowest BCUT2D eigenvalue weighted by atomic mass is 10.1. The normalized spacial score (nSPS) is 14.8. The predicted octanol–water partition coefficient (Wildman–Crippen LogP) is 3.09. The Bertz CT molecular complexity index is 1280. The maximum atomic E-state index is 13.4. The van der Waals surface area contributed by atoms with E-state index in [4.69, 9.17) is 0 Å². The highest BCUT2D eigenvalue weighted by molar-refractivity contribution is 6.13. The van der Waals surface area contributed by atoms with Crippen molar-refractivity contribution in [3.05, 3.63) is 64.6 Å². The molecule has 0 radical (unpaired) electrons. The van der Waals surface area contributed by atoms with Gasteiger partial charge in [0.1, 0.15) is 11.5 Å². The van der Waals surface area contributed by atoms with Gasteiger partial charge in [0, 0.05) is 19.5 Å². The Labute approximate surface area is 214 Å². The third-order valence-corrected chi connectivity index (χ3v) is 6.19. The number of urea groups is 1. The van der Waals surface area contributed by atoms with Gasteiger partial charge in [0.15, 0.2) is 5.82 Å². The van der Waals surface area contributed by atoms with Crippen molar-refractivity contribution >= 4 is 24.0 Å². The number of carbonyl (C=O) groups excluding carboxylic acids is 2. The molecular formula is C25H30N8O4. The summed E-state index contributed by atoms with van der Waals surface area (Å²) in [6, 6.07) is 6.24. The first-order valence-corrected chi connectivity index (χ1v) is 12.4. The quantitative estimate of drug-likeness (QED) is 0.281. The molecule has 0 saturated carbocycles. The highest BCUT2D eigenvalue weighted by atomic mass is 16.4. The van der Waals surface area contributed by atoms with Gasteiger partial charge in [0.25, 0.3) is 5.91 Å². The molecule has 0 atom stereocenters. The number of amides is 3. The van der Waals surface area contributed by atoms with Crippen LogP contribution >= 0.6 is 0 Å². The first-order chi connectivity index (χ1) is 17.9. The summed E-state index contributed by atoms with van der Waals surface area (Å²) in [7, 11) is 0. The maximum absolute atomic E-state index is 13.4. The molecule has 4 rings (SSSR count). The number of unbranched alkanes of at least 4 members (excludes halogenated alkanes) is 2. The number of benzene rings is 1. The number of nitrogens with one attached hydrogen (secondary N) is 1. The van der Waals surface area contributed by atoms with E-state index in [1.807, 2.05) is 11.5 Å². The Morgan fingerprint density at radius 1 is 1.05 bits per heavy atom. The highest BCUT2D eigenvalue weighted by Crippen LogP contribution is 2.26. The number of H-pyrrole nitrogens is 1. The minimum atomic E-state index is -0.984. The van der Waals surface area contributed by atoms with Gasteiger partial charge in [0.2, 0.25) is 0 Å². The summed E-state index contributed by atoms with van der Waals surface area (Å²) in [4.78, 5) is 45.0. The number of aromatic amines is 1. The summed E-state index contributed by atoms with van der Waals surface area (Å²) in [5.74, 6) is -0.224. The number of aromatic nitrogens is 6. The van der Waals surface area contributed by atoms with Crippen LogP contribution in [0.2, 0.25) is 0 Å². The zero-order valence-electron chi connectivity index (χ0n) is 20.9. The molecule has 1 aromatic carbocycles. The molecule has 1 fully saturated rings. The number of aryl methyl sites for hydroxylation is 1. The van der Waals surface area contributed by atoms with Crippen LogP contribution in [0.25, 0.3) is 6.08 Å². The number of nitrogens with zero attached hydrogens (tertiary/aromatic N) is 7. The number of carboxylic acids is 1. The van der Waals surface area contributed by atoms with Crippen molar-refractivity contribution in [2.75, 3.05) is 6.54 Å². The van der Waals surface area contributed by atoms with Gasteiger partial charge in [-0.25, -0.2) is 14.6 Å². The summed E-state index contributed by atoms with van der Waals surface area (Å²) < 4.78 is 2.00. The first kappa shape index (κ1) is 25.7. The molecule has 2 aromatic heterocycles. The Morgan fingerprint density at radius 2 is 1.81 bits per heavy atom. The molecule has 3 heterocycles. The molecule has 1 aliphatic heterocycles. The molecule has 37 heavy (non-hydrogen) atoms. The Balaban J connectivity index is 1.71. The predicted molar refractivity (Wildman–Crippen MR) is 133 cm³/mol. The molecule has 3 aromatic rings. The summed E-state index contributed by atoms with van der Waals surface area (Å²) in [5, 5.41) is 23.0. The Kier molecular flexibility index (Phi) is 8.06. The van der Waals surface area contributed by atoms with E-state index in [-0.39, 0.29) is 23.7 Å². The van der Waals surface area contributed by atoms with Crippen molar-refractivity contribution in [2.45, 2.75) is 59.0 Å². The minimum absolute atomic E-state index is 0.00299. The second-order valence-electron chi connectivity index (χ2n) is 8.83. The van der Waals surface area contributed by atoms with Crippen LogP contribution < -0.4 is 0 Å². The van der Waals surface area contributed by atoms with Crippen LogP contribution in [-0.2, 0) is 24.3 Å². The molecule has 194 valence electrons. The number of tetrazole rings is 1. The van der Waals surface area contributed by atoms with Crippen molar-refractivity contribution in [1.82, 2.24) is 40.0 Å². The monoisotopic (exact) mass is 506 g/mol. The number of rotatable bonds is 12. The SMILES string of the molecule is CCCCc1ncc(C=C2C(=O)N(CCCC)C(=O)N2Cc2nn[nH]n2)n1Cc1ccc(C(=O)O)cc1. The molecular weight excluding hydrogens is 476 g/mol. The Morgan fingerprint density at radius 3 is 2.46 bits per heavy atom. The van der Waals surface area contributed by atoms with Gasteiger partial charge >= 0.3 is 12.0 Å². The molecule has 0 bridgehead atoms. The topological polar surface area (TPSA) is 150 Å². The van der Waals surface area contributed by atoms with Gasteiger partial charge in [-0.15, -0.1) is 10.2 Å². The average Bonchev–Trinajstić information content (AvgIpc) is 3.59. The molecule has 12 heteroatoms.